The number of rotatable bonds is 7. The van der Waals surface area contributed by atoms with Crippen molar-refractivity contribution in [1.29, 1.82) is 0 Å². The molecule has 0 saturated heterocycles. The van der Waals surface area contributed by atoms with Crippen molar-refractivity contribution in [3.8, 4) is 16.9 Å². The maximum absolute atomic E-state index is 11.4. The number of aryl methyl sites for hydroxylation is 1. The van der Waals surface area contributed by atoms with Gasteiger partial charge in [-0.1, -0.05) is 48.5 Å². The van der Waals surface area contributed by atoms with Gasteiger partial charge in [0, 0.05) is 12.6 Å². The number of methoxy groups -OCH3 is 1. The number of hydrogen-bond acceptors (Lipinski definition) is 3. The van der Waals surface area contributed by atoms with Crippen LogP contribution in [0.1, 0.15) is 40.0 Å². The lowest BCUT2D eigenvalue weighted by atomic mass is 9.93. The molecule has 0 aliphatic rings. The Bertz CT molecular complexity index is 1280. The molecule has 0 bridgehead atoms. The van der Waals surface area contributed by atoms with Crippen LogP contribution in [0.4, 0.5) is 0 Å². The normalized spacial score (nSPS) is 12.0. The average molecular weight is 426 g/mol. The van der Waals surface area contributed by atoms with Gasteiger partial charge in [-0.3, -0.25) is 0 Å². The molecule has 1 unspecified atom stereocenters. The molecule has 4 nitrogen and oxygen atoms in total. The molecule has 162 valence electrons. The monoisotopic (exact) mass is 425 g/mol. The fourth-order valence-electron chi connectivity index (χ4n) is 4.08. The van der Waals surface area contributed by atoms with E-state index in [4.69, 9.17) is 4.74 Å². The highest BCUT2D eigenvalue weighted by atomic mass is 16.5. The lowest BCUT2D eigenvalue weighted by molar-refractivity contribution is 0.0696. The molecule has 0 aliphatic heterocycles. The Balaban J connectivity index is 1.66. The second-order valence-electron chi connectivity index (χ2n) is 8.08. The quantitative estimate of drug-likeness (QED) is 0.361. The van der Waals surface area contributed by atoms with Gasteiger partial charge in [0.25, 0.3) is 0 Å². The van der Waals surface area contributed by atoms with Crippen LogP contribution >= 0.6 is 0 Å². The first-order valence-electron chi connectivity index (χ1n) is 10.7. The van der Waals surface area contributed by atoms with Crippen molar-refractivity contribution in [3.63, 3.8) is 0 Å². The van der Waals surface area contributed by atoms with Gasteiger partial charge in [-0.05, 0) is 82.8 Å². The summed E-state index contributed by atoms with van der Waals surface area (Å²) in [6, 6.07) is 26.5. The summed E-state index contributed by atoms with van der Waals surface area (Å²) >= 11 is 0. The molecular weight excluding hydrogens is 398 g/mol. The SMILES string of the molecule is COc1cccc(C(C)NCc2cc(-c3ccc(C(=O)O)c(C)c3)c3ccccc3c2)c1. The summed E-state index contributed by atoms with van der Waals surface area (Å²) < 4.78 is 5.35. The predicted octanol–water partition coefficient (Wildman–Crippen LogP) is 6.37. The fourth-order valence-corrected chi connectivity index (χ4v) is 4.08. The maximum atomic E-state index is 11.4. The van der Waals surface area contributed by atoms with Gasteiger partial charge in [-0.15, -0.1) is 0 Å². The molecule has 32 heavy (non-hydrogen) atoms. The molecule has 0 aliphatic carbocycles. The molecule has 0 amide bonds. The van der Waals surface area contributed by atoms with Crippen LogP contribution in [0.15, 0.2) is 78.9 Å². The number of carboxylic acid groups (broad SMARTS) is 1. The minimum atomic E-state index is -0.900. The second kappa shape index (κ2) is 9.25. The van der Waals surface area contributed by atoms with Gasteiger partial charge in [0.1, 0.15) is 5.75 Å². The summed E-state index contributed by atoms with van der Waals surface area (Å²) in [6.07, 6.45) is 0. The van der Waals surface area contributed by atoms with Crippen LogP contribution in [-0.2, 0) is 6.54 Å². The van der Waals surface area contributed by atoms with E-state index in [1.165, 1.54) is 11.1 Å². The van der Waals surface area contributed by atoms with E-state index in [1.54, 1.807) is 13.2 Å². The van der Waals surface area contributed by atoms with E-state index in [2.05, 4.69) is 48.6 Å². The van der Waals surface area contributed by atoms with E-state index in [9.17, 15) is 9.90 Å². The Kier molecular flexibility index (Phi) is 6.24. The number of nitrogens with one attached hydrogen (secondary N) is 1. The molecule has 0 heterocycles. The van der Waals surface area contributed by atoms with Crippen LogP contribution in [0, 0.1) is 6.92 Å². The van der Waals surface area contributed by atoms with E-state index in [-0.39, 0.29) is 6.04 Å². The summed E-state index contributed by atoms with van der Waals surface area (Å²) in [5, 5.41) is 15.3. The first-order chi connectivity index (χ1) is 15.5. The highest BCUT2D eigenvalue weighted by Gasteiger charge is 2.12. The van der Waals surface area contributed by atoms with Crippen molar-refractivity contribution in [1.82, 2.24) is 5.32 Å². The summed E-state index contributed by atoms with van der Waals surface area (Å²) in [6.45, 7) is 4.70. The third-order valence-electron chi connectivity index (χ3n) is 5.90. The summed E-state index contributed by atoms with van der Waals surface area (Å²) in [5.41, 5.74) is 5.57. The lowest BCUT2D eigenvalue weighted by Gasteiger charge is -2.17. The Morgan fingerprint density at radius 2 is 1.81 bits per heavy atom. The Labute approximate surface area is 188 Å². The molecule has 4 aromatic rings. The summed E-state index contributed by atoms with van der Waals surface area (Å²) in [4.78, 5) is 11.4. The maximum Gasteiger partial charge on any atom is 0.335 e. The first kappa shape index (κ1) is 21.6. The number of hydrogen-bond donors (Lipinski definition) is 2. The third kappa shape index (κ3) is 4.51. The second-order valence-corrected chi connectivity index (χ2v) is 8.08. The number of carboxylic acids is 1. The van der Waals surface area contributed by atoms with Crippen molar-refractivity contribution in [2.45, 2.75) is 26.4 Å². The van der Waals surface area contributed by atoms with Gasteiger partial charge in [0.15, 0.2) is 0 Å². The van der Waals surface area contributed by atoms with Gasteiger partial charge in [0.2, 0.25) is 0 Å². The van der Waals surface area contributed by atoms with Crippen LogP contribution < -0.4 is 10.1 Å². The van der Waals surface area contributed by atoms with Crippen molar-refractivity contribution in [3.05, 3.63) is 101 Å². The summed E-state index contributed by atoms with van der Waals surface area (Å²) in [7, 11) is 1.68. The van der Waals surface area contributed by atoms with Gasteiger partial charge < -0.3 is 15.2 Å². The Morgan fingerprint density at radius 3 is 2.56 bits per heavy atom. The van der Waals surface area contributed by atoms with Gasteiger partial charge in [0.05, 0.1) is 12.7 Å². The lowest BCUT2D eigenvalue weighted by Crippen LogP contribution is -2.18. The Morgan fingerprint density at radius 1 is 1.00 bits per heavy atom. The van der Waals surface area contributed by atoms with Crippen LogP contribution in [0.5, 0.6) is 5.75 Å². The average Bonchev–Trinajstić information content (AvgIpc) is 2.81. The number of carbonyl (C=O) groups is 1. The van der Waals surface area contributed by atoms with Gasteiger partial charge >= 0.3 is 5.97 Å². The minimum Gasteiger partial charge on any atom is -0.497 e. The molecule has 0 aromatic heterocycles. The molecule has 4 rings (SSSR count). The number of ether oxygens (including phenoxy) is 1. The van der Waals surface area contributed by atoms with Crippen molar-refractivity contribution >= 4 is 16.7 Å². The molecule has 4 heteroatoms. The van der Waals surface area contributed by atoms with Gasteiger partial charge in [-0.2, -0.15) is 0 Å². The largest absolute Gasteiger partial charge is 0.497 e. The summed E-state index contributed by atoms with van der Waals surface area (Å²) in [5.74, 6) is -0.0484. The topological polar surface area (TPSA) is 58.6 Å². The smallest absolute Gasteiger partial charge is 0.335 e. The number of benzene rings is 4. The van der Waals surface area contributed by atoms with Crippen molar-refractivity contribution < 1.29 is 14.6 Å². The van der Waals surface area contributed by atoms with Crippen LogP contribution in [-0.4, -0.2) is 18.2 Å². The van der Waals surface area contributed by atoms with Crippen LogP contribution in [0.25, 0.3) is 21.9 Å². The minimum absolute atomic E-state index is 0.164. The molecule has 0 spiro atoms. The predicted molar refractivity (Wildman–Crippen MR) is 129 cm³/mol. The zero-order chi connectivity index (χ0) is 22.7. The number of fused-ring (bicyclic) bond motifs is 1. The molecule has 0 radical (unpaired) electrons. The van der Waals surface area contributed by atoms with Crippen LogP contribution in [0.3, 0.4) is 0 Å². The molecular formula is C28H27NO3. The molecule has 0 saturated carbocycles. The zero-order valence-corrected chi connectivity index (χ0v) is 18.6. The van der Waals surface area contributed by atoms with E-state index in [1.807, 2.05) is 43.3 Å². The third-order valence-corrected chi connectivity index (χ3v) is 5.90. The Hall–Kier alpha value is -3.63. The van der Waals surface area contributed by atoms with Crippen molar-refractivity contribution in [2.24, 2.45) is 0 Å². The van der Waals surface area contributed by atoms with E-state index in [0.29, 0.717) is 12.1 Å². The first-order valence-corrected chi connectivity index (χ1v) is 10.7. The zero-order valence-electron chi connectivity index (χ0n) is 18.6. The molecule has 1 atom stereocenters. The van der Waals surface area contributed by atoms with Crippen LogP contribution in [0.2, 0.25) is 0 Å². The van der Waals surface area contributed by atoms with Gasteiger partial charge in [-0.25, -0.2) is 4.79 Å². The highest BCUT2D eigenvalue weighted by Crippen LogP contribution is 2.32. The van der Waals surface area contributed by atoms with E-state index in [0.717, 1.165) is 33.2 Å². The van der Waals surface area contributed by atoms with Crippen molar-refractivity contribution in [2.75, 3.05) is 7.11 Å². The molecule has 4 aromatic carbocycles. The molecule has 2 N–H and O–H groups in total. The standard InChI is InChI=1S/C28H27NO3/c1-18-13-23(11-12-25(18)28(30)31)27-15-20(14-22-7-4-5-10-26(22)27)17-29-19(2)21-8-6-9-24(16-21)32-3/h4-16,19,29H,17H2,1-3H3,(H,30,31). The molecule has 0 fully saturated rings. The van der Waals surface area contributed by atoms with E-state index >= 15 is 0 Å². The number of aromatic carboxylic acids is 1. The fraction of sp³-hybridized carbons (Fsp3) is 0.179. The highest BCUT2D eigenvalue weighted by molar-refractivity contribution is 5.98. The van der Waals surface area contributed by atoms with E-state index < -0.39 is 5.97 Å².